The summed E-state index contributed by atoms with van der Waals surface area (Å²) in [4.78, 5) is 13.8. The summed E-state index contributed by atoms with van der Waals surface area (Å²) < 4.78 is 7.31. The Bertz CT molecular complexity index is 1220. The monoisotopic (exact) mass is 503 g/mol. The van der Waals surface area contributed by atoms with Gasteiger partial charge in [0.2, 0.25) is 5.95 Å². The molecule has 9 nitrogen and oxygen atoms in total. The molecular formula is C23H27Cl2N7O2. The number of hydrogen-bond acceptors (Lipinski definition) is 8. The van der Waals surface area contributed by atoms with Gasteiger partial charge in [0.15, 0.2) is 5.15 Å². The largest absolute Gasteiger partial charge is 0.389 e. The molecule has 3 unspecified atom stereocenters. The van der Waals surface area contributed by atoms with Gasteiger partial charge in [0.1, 0.15) is 0 Å². The number of fused-ring (bicyclic) bond motifs is 1. The first-order valence-corrected chi connectivity index (χ1v) is 12.5. The minimum absolute atomic E-state index is 0.0571. The number of benzene rings is 1. The number of nitrogens with one attached hydrogen (secondary N) is 1. The van der Waals surface area contributed by atoms with Crippen LogP contribution in [0.4, 0.5) is 17.3 Å². The number of aliphatic hydroxyl groups is 1. The van der Waals surface area contributed by atoms with Crippen LogP contribution in [0.2, 0.25) is 10.2 Å². The van der Waals surface area contributed by atoms with Crippen LogP contribution >= 0.6 is 23.2 Å². The zero-order valence-electron chi connectivity index (χ0n) is 18.9. The van der Waals surface area contributed by atoms with Gasteiger partial charge in [0.05, 0.1) is 59.5 Å². The Kier molecular flexibility index (Phi) is 5.77. The maximum Gasteiger partial charge on any atom is 0.227 e. The van der Waals surface area contributed by atoms with Crippen molar-refractivity contribution in [3.63, 3.8) is 0 Å². The van der Waals surface area contributed by atoms with Crippen LogP contribution in [0, 0.1) is 0 Å². The number of piperazine rings is 1. The van der Waals surface area contributed by atoms with Crippen molar-refractivity contribution in [2.45, 2.75) is 44.0 Å². The van der Waals surface area contributed by atoms with Gasteiger partial charge < -0.3 is 20.1 Å². The maximum absolute atomic E-state index is 10.2. The first-order valence-electron chi connectivity index (χ1n) is 11.7. The molecule has 1 aromatic carbocycles. The van der Waals surface area contributed by atoms with Gasteiger partial charge in [-0.05, 0) is 31.9 Å². The van der Waals surface area contributed by atoms with E-state index in [-0.39, 0.29) is 12.1 Å². The summed E-state index contributed by atoms with van der Waals surface area (Å²) in [5.41, 5.74) is 2.45. The Labute approximate surface area is 207 Å². The highest BCUT2D eigenvalue weighted by atomic mass is 35.5. The molecule has 34 heavy (non-hydrogen) atoms. The number of ether oxygens (including phenoxy) is 1. The highest BCUT2D eigenvalue weighted by Crippen LogP contribution is 2.39. The fourth-order valence-corrected chi connectivity index (χ4v) is 5.57. The third kappa shape index (κ3) is 4.09. The molecular weight excluding hydrogens is 477 g/mol. The third-order valence-corrected chi connectivity index (χ3v) is 7.67. The summed E-state index contributed by atoms with van der Waals surface area (Å²) in [7, 11) is 0. The van der Waals surface area contributed by atoms with Crippen molar-refractivity contribution in [2.75, 3.05) is 43.1 Å². The Morgan fingerprint density at radius 2 is 2.00 bits per heavy atom. The van der Waals surface area contributed by atoms with Crippen LogP contribution in [0.1, 0.15) is 25.8 Å². The summed E-state index contributed by atoms with van der Waals surface area (Å²) in [6.45, 7) is 5.63. The topological polar surface area (TPSA) is 91.6 Å². The molecule has 3 aliphatic rings. The SMILES string of the molecule is CC1CN(c2cc3nc(Nc4cnn(C5CC5)c4Cl)ncc3cc2Cl)CCN1C1COCC1O. The molecule has 0 bridgehead atoms. The Morgan fingerprint density at radius 1 is 1.15 bits per heavy atom. The van der Waals surface area contributed by atoms with Crippen molar-refractivity contribution in [2.24, 2.45) is 0 Å². The van der Waals surface area contributed by atoms with E-state index in [9.17, 15) is 5.11 Å². The van der Waals surface area contributed by atoms with Crippen LogP contribution in [0.5, 0.6) is 0 Å². The first-order chi connectivity index (χ1) is 16.5. The van der Waals surface area contributed by atoms with E-state index in [4.69, 9.17) is 32.9 Å². The van der Waals surface area contributed by atoms with E-state index in [2.05, 4.69) is 32.1 Å². The van der Waals surface area contributed by atoms with E-state index in [0.717, 1.165) is 49.1 Å². The van der Waals surface area contributed by atoms with Gasteiger partial charge in [-0.3, -0.25) is 4.90 Å². The van der Waals surface area contributed by atoms with Crippen molar-refractivity contribution in [1.29, 1.82) is 0 Å². The second kappa shape index (κ2) is 8.80. The van der Waals surface area contributed by atoms with Crippen molar-refractivity contribution in [3.8, 4) is 0 Å². The van der Waals surface area contributed by atoms with Crippen molar-refractivity contribution in [3.05, 3.63) is 34.7 Å². The van der Waals surface area contributed by atoms with Crippen molar-refractivity contribution < 1.29 is 9.84 Å². The molecule has 3 aromatic rings. The van der Waals surface area contributed by atoms with E-state index in [1.807, 2.05) is 16.8 Å². The number of aliphatic hydroxyl groups excluding tert-OH is 1. The van der Waals surface area contributed by atoms with Gasteiger partial charge >= 0.3 is 0 Å². The van der Waals surface area contributed by atoms with E-state index in [1.165, 1.54) is 0 Å². The Balaban J connectivity index is 1.22. The minimum atomic E-state index is -0.425. The maximum atomic E-state index is 10.2. The fourth-order valence-electron chi connectivity index (χ4n) is 5.00. The summed E-state index contributed by atoms with van der Waals surface area (Å²) in [5, 5.41) is 20.0. The van der Waals surface area contributed by atoms with Gasteiger partial charge in [-0.15, -0.1) is 0 Å². The minimum Gasteiger partial charge on any atom is -0.389 e. The number of aromatic nitrogens is 4. The molecule has 11 heteroatoms. The van der Waals surface area contributed by atoms with E-state index >= 15 is 0 Å². The van der Waals surface area contributed by atoms with E-state index in [0.29, 0.717) is 41.1 Å². The highest BCUT2D eigenvalue weighted by molar-refractivity contribution is 6.34. The summed E-state index contributed by atoms with van der Waals surface area (Å²) >= 11 is 13.2. The lowest BCUT2D eigenvalue weighted by Gasteiger charge is -2.44. The third-order valence-electron chi connectivity index (χ3n) is 6.99. The van der Waals surface area contributed by atoms with Crippen LogP contribution < -0.4 is 10.2 Å². The van der Waals surface area contributed by atoms with Gasteiger partial charge in [-0.25, -0.2) is 14.6 Å². The molecule has 2 saturated heterocycles. The van der Waals surface area contributed by atoms with Crippen LogP contribution in [0.25, 0.3) is 10.9 Å². The normalized spacial score (nSPS) is 25.9. The van der Waals surface area contributed by atoms with Crippen LogP contribution in [0.15, 0.2) is 24.5 Å². The molecule has 180 valence electrons. The summed E-state index contributed by atoms with van der Waals surface area (Å²) in [6, 6.07) is 4.66. The van der Waals surface area contributed by atoms with Crippen molar-refractivity contribution >= 4 is 51.4 Å². The standard InChI is InChI=1S/C23H27Cl2N7O2/c1-13-10-30(4-5-31(13)20-11-34-12-21(20)33)19-7-17-14(6-16(19)24)8-26-23(28-17)29-18-9-27-32(22(18)25)15-2-3-15/h6-9,13,15,20-21,33H,2-5,10-12H2,1H3,(H,26,28,29). The number of nitrogens with zero attached hydrogens (tertiary/aromatic N) is 6. The van der Waals surface area contributed by atoms with E-state index in [1.54, 1.807) is 12.4 Å². The number of rotatable bonds is 5. The van der Waals surface area contributed by atoms with Crippen LogP contribution in [0.3, 0.4) is 0 Å². The second-order valence-electron chi connectivity index (χ2n) is 9.41. The molecule has 2 N–H and O–H groups in total. The quantitative estimate of drug-likeness (QED) is 0.546. The summed E-state index contributed by atoms with van der Waals surface area (Å²) in [6.07, 6.45) is 5.28. The van der Waals surface area contributed by atoms with Gasteiger partial charge in [0, 0.05) is 37.3 Å². The molecule has 2 aliphatic heterocycles. The molecule has 1 aliphatic carbocycles. The van der Waals surface area contributed by atoms with Crippen LogP contribution in [-0.2, 0) is 4.74 Å². The Hall–Kier alpha value is -2.17. The molecule has 3 fully saturated rings. The zero-order chi connectivity index (χ0) is 23.4. The van der Waals surface area contributed by atoms with Crippen molar-refractivity contribution in [1.82, 2.24) is 24.6 Å². The predicted octanol–water partition coefficient (Wildman–Crippen LogP) is 3.48. The average molecular weight is 504 g/mol. The second-order valence-corrected chi connectivity index (χ2v) is 10.2. The lowest BCUT2D eigenvalue weighted by atomic mass is 10.1. The molecule has 6 rings (SSSR count). The fraction of sp³-hybridized carbons (Fsp3) is 0.522. The molecule has 1 saturated carbocycles. The van der Waals surface area contributed by atoms with Gasteiger partial charge in [0.25, 0.3) is 0 Å². The smallest absolute Gasteiger partial charge is 0.227 e. The first kappa shape index (κ1) is 22.3. The molecule has 0 radical (unpaired) electrons. The summed E-state index contributed by atoms with van der Waals surface area (Å²) in [5.74, 6) is 0.464. The zero-order valence-corrected chi connectivity index (χ0v) is 20.4. The molecule has 2 aromatic heterocycles. The average Bonchev–Trinajstić information content (AvgIpc) is 3.48. The number of hydrogen-bond donors (Lipinski definition) is 2. The lowest BCUT2D eigenvalue weighted by Crippen LogP contribution is -2.58. The van der Waals surface area contributed by atoms with Gasteiger partial charge in [-0.2, -0.15) is 5.10 Å². The number of halogens is 2. The molecule has 3 atom stereocenters. The lowest BCUT2D eigenvalue weighted by molar-refractivity contribution is 0.0525. The molecule has 4 heterocycles. The van der Waals surface area contributed by atoms with Gasteiger partial charge in [-0.1, -0.05) is 23.2 Å². The Morgan fingerprint density at radius 3 is 2.74 bits per heavy atom. The van der Waals surface area contributed by atoms with E-state index < -0.39 is 6.10 Å². The molecule has 0 spiro atoms. The van der Waals surface area contributed by atoms with Crippen LogP contribution in [-0.4, -0.2) is 80.8 Å². The number of anilines is 3. The highest BCUT2D eigenvalue weighted by Gasteiger charge is 2.37. The predicted molar refractivity (Wildman–Crippen MR) is 132 cm³/mol. The molecule has 0 amide bonds.